The van der Waals surface area contributed by atoms with Crippen molar-refractivity contribution in [1.29, 1.82) is 0 Å². The third-order valence-corrected chi connectivity index (χ3v) is 12.9. The molecule has 0 saturated heterocycles. The molecule has 0 bridgehead atoms. The predicted octanol–water partition coefficient (Wildman–Crippen LogP) is 9.58. The van der Waals surface area contributed by atoms with E-state index in [1.807, 2.05) is 0 Å². The maximum atomic E-state index is 7.36. The first-order valence-corrected chi connectivity index (χ1v) is 16.5. The van der Waals surface area contributed by atoms with Crippen molar-refractivity contribution in [3.63, 3.8) is 0 Å². The summed E-state index contributed by atoms with van der Waals surface area (Å²) >= 11 is 0. The summed E-state index contributed by atoms with van der Waals surface area (Å²) in [5.41, 5.74) is 4.18. The Labute approximate surface area is 205 Å². The molecule has 1 aromatic carbocycles. The molecule has 0 fully saturated rings. The molecule has 0 aromatic heterocycles. The molecule has 33 heavy (non-hydrogen) atoms. The van der Waals surface area contributed by atoms with E-state index in [-0.39, 0.29) is 5.60 Å². The van der Waals surface area contributed by atoms with Gasteiger partial charge in [0.05, 0.1) is 0 Å². The quantitative estimate of drug-likeness (QED) is 0.172. The second-order valence-electron chi connectivity index (χ2n) is 11.4. The Bertz CT molecular complexity index is 793. The smallest absolute Gasteiger partial charge is 0.251 e. The van der Waals surface area contributed by atoms with Gasteiger partial charge in [0.2, 0.25) is 0 Å². The first-order valence-electron chi connectivity index (χ1n) is 14.0. The lowest BCUT2D eigenvalue weighted by atomic mass is 9.67. The summed E-state index contributed by atoms with van der Waals surface area (Å²) in [7, 11) is -1.84. The van der Waals surface area contributed by atoms with Crippen LogP contribution in [0.3, 0.4) is 0 Å². The van der Waals surface area contributed by atoms with Gasteiger partial charge in [0.25, 0.3) is 8.32 Å². The van der Waals surface area contributed by atoms with E-state index in [1.54, 1.807) is 0 Å². The van der Waals surface area contributed by atoms with E-state index in [0.717, 1.165) is 25.0 Å². The molecule has 2 atom stereocenters. The van der Waals surface area contributed by atoms with Gasteiger partial charge in [-0.3, -0.25) is 0 Å². The first-order chi connectivity index (χ1) is 15.8. The summed E-state index contributed by atoms with van der Waals surface area (Å²) in [5, 5.41) is 0. The normalized spacial score (nSPS) is 21.6. The van der Waals surface area contributed by atoms with Crippen LogP contribution in [0.15, 0.2) is 23.8 Å². The number of hydrogen-bond acceptors (Lipinski definition) is 2. The van der Waals surface area contributed by atoms with Gasteiger partial charge in [0, 0.05) is 17.4 Å². The van der Waals surface area contributed by atoms with E-state index >= 15 is 0 Å². The van der Waals surface area contributed by atoms with Crippen molar-refractivity contribution in [1.82, 2.24) is 0 Å². The number of hydrogen-bond donors (Lipinski definition) is 0. The Morgan fingerprint density at radius 3 is 2.24 bits per heavy atom. The van der Waals surface area contributed by atoms with Crippen LogP contribution in [-0.4, -0.2) is 13.9 Å². The SMILES string of the molecule is CCCCCc1cc2c(c(O[Si](CCC)(CCC)CCC)c1)C1CC(C)=CCC1C(C)(C)O2. The minimum atomic E-state index is -1.84. The van der Waals surface area contributed by atoms with E-state index in [2.05, 4.69) is 66.7 Å². The van der Waals surface area contributed by atoms with Gasteiger partial charge < -0.3 is 9.16 Å². The highest BCUT2D eigenvalue weighted by molar-refractivity contribution is 6.74. The molecule has 0 spiro atoms. The zero-order valence-electron chi connectivity index (χ0n) is 22.7. The summed E-state index contributed by atoms with van der Waals surface area (Å²) in [6, 6.07) is 8.60. The van der Waals surface area contributed by atoms with Crippen molar-refractivity contribution < 1.29 is 9.16 Å². The highest BCUT2D eigenvalue weighted by Crippen LogP contribution is 2.55. The standard InChI is InChI=1S/C30H50O2Si/c1-8-12-13-14-24-21-27-29(25-20-23(5)15-16-26(25)30(6,7)31-27)28(22-24)32-33(17-9-2,18-10-3)19-11-4/h15,21-22,25-26H,8-14,16-20H2,1-7H3. The van der Waals surface area contributed by atoms with E-state index < -0.39 is 8.32 Å². The average Bonchev–Trinajstić information content (AvgIpc) is 2.73. The number of ether oxygens (including phenoxy) is 1. The maximum Gasteiger partial charge on any atom is 0.251 e. The molecule has 0 saturated carbocycles. The van der Waals surface area contributed by atoms with Crippen LogP contribution >= 0.6 is 0 Å². The lowest BCUT2D eigenvalue weighted by Crippen LogP contribution is -2.46. The summed E-state index contributed by atoms with van der Waals surface area (Å²) in [6.07, 6.45) is 13.3. The van der Waals surface area contributed by atoms with Crippen molar-refractivity contribution in [2.75, 3.05) is 0 Å². The number of benzene rings is 1. The van der Waals surface area contributed by atoms with Gasteiger partial charge in [-0.25, -0.2) is 0 Å². The molecule has 1 aromatic rings. The molecule has 1 aliphatic carbocycles. The largest absolute Gasteiger partial charge is 0.543 e. The van der Waals surface area contributed by atoms with Crippen LogP contribution in [0.25, 0.3) is 0 Å². The topological polar surface area (TPSA) is 18.5 Å². The molecule has 186 valence electrons. The van der Waals surface area contributed by atoms with E-state index in [0.29, 0.717) is 11.8 Å². The highest BCUT2D eigenvalue weighted by atomic mass is 28.4. The zero-order chi connectivity index (χ0) is 24.1. The van der Waals surface area contributed by atoms with Crippen LogP contribution in [0.5, 0.6) is 11.5 Å². The van der Waals surface area contributed by atoms with Crippen molar-refractivity contribution in [2.45, 2.75) is 136 Å². The number of rotatable bonds is 12. The van der Waals surface area contributed by atoms with Gasteiger partial charge in [-0.2, -0.15) is 0 Å². The molecular weight excluding hydrogens is 420 g/mol. The molecule has 3 rings (SSSR count). The lowest BCUT2D eigenvalue weighted by molar-refractivity contribution is 0.00780. The first kappa shape index (κ1) is 26.4. The molecule has 2 aliphatic rings. The Morgan fingerprint density at radius 2 is 1.64 bits per heavy atom. The molecule has 0 amide bonds. The third kappa shape index (κ3) is 6.07. The Balaban J connectivity index is 2.11. The van der Waals surface area contributed by atoms with Crippen LogP contribution in [0.2, 0.25) is 18.1 Å². The second kappa shape index (κ2) is 11.5. The molecule has 0 radical (unpaired) electrons. The average molecular weight is 471 g/mol. The monoisotopic (exact) mass is 470 g/mol. The molecule has 1 heterocycles. The molecular formula is C30H50O2Si. The van der Waals surface area contributed by atoms with Crippen molar-refractivity contribution in [3.05, 3.63) is 34.9 Å². The van der Waals surface area contributed by atoms with Gasteiger partial charge in [-0.05, 0) is 82.3 Å². The fourth-order valence-corrected chi connectivity index (χ4v) is 11.0. The van der Waals surface area contributed by atoms with Crippen molar-refractivity contribution in [2.24, 2.45) is 5.92 Å². The number of allylic oxidation sites excluding steroid dienone is 2. The second-order valence-corrected chi connectivity index (χ2v) is 15.5. The fourth-order valence-electron chi connectivity index (χ4n) is 6.54. The van der Waals surface area contributed by atoms with E-state index in [9.17, 15) is 0 Å². The fraction of sp³-hybridized carbons (Fsp3) is 0.733. The van der Waals surface area contributed by atoms with Crippen molar-refractivity contribution in [3.8, 4) is 11.5 Å². The molecule has 2 nitrogen and oxygen atoms in total. The molecule has 0 N–H and O–H groups in total. The van der Waals surface area contributed by atoms with Gasteiger partial charge in [-0.1, -0.05) is 71.4 Å². The van der Waals surface area contributed by atoms with Crippen LogP contribution in [-0.2, 0) is 6.42 Å². The van der Waals surface area contributed by atoms with Gasteiger partial charge in [-0.15, -0.1) is 0 Å². The molecule has 2 unspecified atom stereocenters. The number of aryl methyl sites for hydroxylation is 1. The van der Waals surface area contributed by atoms with Gasteiger partial charge in [0.15, 0.2) is 0 Å². The molecule has 1 aliphatic heterocycles. The van der Waals surface area contributed by atoms with E-state index in [1.165, 1.54) is 79.1 Å². The van der Waals surface area contributed by atoms with Crippen LogP contribution in [0.4, 0.5) is 0 Å². The van der Waals surface area contributed by atoms with E-state index in [4.69, 9.17) is 9.16 Å². The summed E-state index contributed by atoms with van der Waals surface area (Å²) in [5.74, 6) is 3.33. The number of unbranched alkanes of at least 4 members (excludes halogenated alkanes) is 2. The zero-order valence-corrected chi connectivity index (χ0v) is 23.7. The van der Waals surface area contributed by atoms with Crippen molar-refractivity contribution >= 4 is 8.32 Å². The van der Waals surface area contributed by atoms with Crippen LogP contribution in [0, 0.1) is 5.92 Å². The van der Waals surface area contributed by atoms with Crippen LogP contribution in [0.1, 0.15) is 117 Å². The lowest BCUT2D eigenvalue weighted by Gasteiger charge is -2.48. The number of fused-ring (bicyclic) bond motifs is 3. The molecule has 3 heteroatoms. The minimum absolute atomic E-state index is 0.140. The summed E-state index contributed by atoms with van der Waals surface area (Å²) in [4.78, 5) is 0. The maximum absolute atomic E-state index is 7.36. The Morgan fingerprint density at radius 1 is 0.970 bits per heavy atom. The Hall–Kier alpha value is -1.22. The summed E-state index contributed by atoms with van der Waals surface area (Å²) in [6.45, 7) is 16.2. The minimum Gasteiger partial charge on any atom is -0.543 e. The Kier molecular flexibility index (Phi) is 9.17. The predicted molar refractivity (Wildman–Crippen MR) is 145 cm³/mol. The highest BCUT2D eigenvalue weighted by Gasteiger charge is 2.46. The van der Waals surface area contributed by atoms with Gasteiger partial charge in [0.1, 0.15) is 17.1 Å². The summed E-state index contributed by atoms with van der Waals surface area (Å²) < 4.78 is 14.2. The van der Waals surface area contributed by atoms with Crippen LogP contribution < -0.4 is 9.16 Å². The van der Waals surface area contributed by atoms with Gasteiger partial charge >= 0.3 is 0 Å². The third-order valence-electron chi connectivity index (χ3n) is 8.06.